The van der Waals surface area contributed by atoms with Crippen LogP contribution in [-0.2, 0) is 9.53 Å². The van der Waals surface area contributed by atoms with E-state index in [9.17, 15) is 9.18 Å². The van der Waals surface area contributed by atoms with Gasteiger partial charge in [-0.05, 0) is 49.4 Å². The third-order valence-corrected chi connectivity index (χ3v) is 7.28. The molecule has 2 aliphatic heterocycles. The molecule has 162 valence electrons. The fourth-order valence-corrected chi connectivity index (χ4v) is 5.47. The molecule has 1 amide bonds. The number of amides is 1. The van der Waals surface area contributed by atoms with Gasteiger partial charge in [-0.3, -0.25) is 4.79 Å². The number of carbonyl (C=O) groups is 1. The molecule has 0 saturated carbocycles. The van der Waals surface area contributed by atoms with Crippen LogP contribution in [0.25, 0.3) is 20.7 Å². The number of piperidine rings is 1. The smallest absolute Gasteiger partial charge is 0.223 e. The lowest BCUT2D eigenvalue weighted by Gasteiger charge is -2.32. The summed E-state index contributed by atoms with van der Waals surface area (Å²) < 4.78 is 19.9. The molecule has 1 N–H and O–H groups in total. The van der Waals surface area contributed by atoms with Gasteiger partial charge in [0.2, 0.25) is 5.91 Å². The lowest BCUT2D eigenvalue weighted by molar-refractivity contribution is -0.126. The molecule has 1 atom stereocenters. The fourth-order valence-electron chi connectivity index (χ4n) is 4.34. The summed E-state index contributed by atoms with van der Waals surface area (Å²) in [6.07, 6.45) is 5.49. The second-order valence-electron chi connectivity index (χ2n) is 8.17. The molecule has 4 heterocycles. The first-order valence-electron chi connectivity index (χ1n) is 10.8. The quantitative estimate of drug-likeness (QED) is 0.649. The fraction of sp³-hybridized carbons (Fsp3) is 0.435. The molecule has 2 saturated heterocycles. The van der Waals surface area contributed by atoms with Crippen LogP contribution in [0.15, 0.2) is 36.7 Å². The van der Waals surface area contributed by atoms with Gasteiger partial charge in [0, 0.05) is 37.0 Å². The predicted octanol–water partition coefficient (Wildman–Crippen LogP) is 4.01. The average molecular weight is 441 g/mol. The minimum Gasteiger partial charge on any atom is -0.376 e. The van der Waals surface area contributed by atoms with Crippen LogP contribution in [0, 0.1) is 11.7 Å². The number of ether oxygens (including phenoxy) is 1. The Morgan fingerprint density at radius 2 is 2.00 bits per heavy atom. The highest BCUT2D eigenvalue weighted by Gasteiger charge is 2.27. The Bertz CT molecular complexity index is 1060. The molecule has 0 spiro atoms. The van der Waals surface area contributed by atoms with Crippen molar-refractivity contribution in [1.82, 2.24) is 15.3 Å². The molecule has 8 heteroatoms. The maximum Gasteiger partial charge on any atom is 0.223 e. The highest BCUT2D eigenvalue weighted by molar-refractivity contribution is 7.22. The summed E-state index contributed by atoms with van der Waals surface area (Å²) in [5.41, 5.74) is 1.86. The van der Waals surface area contributed by atoms with Gasteiger partial charge in [0.25, 0.3) is 0 Å². The molecule has 1 aromatic carbocycles. The standard InChI is InChI=1S/C23H25FN4O2S/c24-17-5-3-15(4-6-17)20-12-19-21(31-20)22(27-14-26-19)28-9-7-16(8-10-28)23(29)25-13-18-2-1-11-30-18/h3-6,12,14,16,18H,1-2,7-11,13H2,(H,25,29)/t18-/m1/s1. The van der Waals surface area contributed by atoms with E-state index in [-0.39, 0.29) is 23.7 Å². The molecular formula is C23H25FN4O2S. The highest BCUT2D eigenvalue weighted by Crippen LogP contribution is 2.37. The van der Waals surface area contributed by atoms with Crippen LogP contribution in [0.1, 0.15) is 25.7 Å². The van der Waals surface area contributed by atoms with Crippen molar-refractivity contribution in [2.45, 2.75) is 31.8 Å². The minimum absolute atomic E-state index is 0.0353. The Labute approximate surface area is 184 Å². The third kappa shape index (κ3) is 4.41. The van der Waals surface area contributed by atoms with Gasteiger partial charge in [-0.1, -0.05) is 12.1 Å². The van der Waals surface area contributed by atoms with Crippen LogP contribution in [0.2, 0.25) is 0 Å². The summed E-state index contributed by atoms with van der Waals surface area (Å²) in [5, 5.41) is 3.07. The van der Waals surface area contributed by atoms with E-state index in [1.54, 1.807) is 29.8 Å². The summed E-state index contributed by atoms with van der Waals surface area (Å²) in [5.74, 6) is 0.848. The molecule has 2 aromatic heterocycles. The Balaban J connectivity index is 1.26. The summed E-state index contributed by atoms with van der Waals surface area (Å²) >= 11 is 1.62. The van der Waals surface area contributed by atoms with E-state index in [0.717, 1.165) is 71.9 Å². The molecule has 0 bridgehead atoms. The topological polar surface area (TPSA) is 67.3 Å². The van der Waals surface area contributed by atoms with E-state index < -0.39 is 0 Å². The lowest BCUT2D eigenvalue weighted by atomic mass is 9.96. The first-order valence-corrected chi connectivity index (χ1v) is 11.6. The van der Waals surface area contributed by atoms with Gasteiger partial charge in [0.05, 0.1) is 16.3 Å². The van der Waals surface area contributed by atoms with Crippen LogP contribution in [0.3, 0.4) is 0 Å². The number of anilines is 1. The number of halogens is 1. The largest absolute Gasteiger partial charge is 0.376 e. The molecule has 3 aromatic rings. The second-order valence-corrected chi connectivity index (χ2v) is 9.22. The number of nitrogens with zero attached hydrogens (tertiary/aromatic N) is 3. The average Bonchev–Trinajstić information content (AvgIpc) is 3.48. The van der Waals surface area contributed by atoms with Crippen molar-refractivity contribution in [3.8, 4) is 10.4 Å². The van der Waals surface area contributed by atoms with Gasteiger partial charge >= 0.3 is 0 Å². The number of carbonyl (C=O) groups excluding carboxylic acids is 1. The van der Waals surface area contributed by atoms with Gasteiger partial charge < -0.3 is 15.0 Å². The van der Waals surface area contributed by atoms with Crippen molar-refractivity contribution >= 4 is 33.3 Å². The van der Waals surface area contributed by atoms with Crippen LogP contribution >= 0.6 is 11.3 Å². The van der Waals surface area contributed by atoms with Crippen molar-refractivity contribution in [3.05, 3.63) is 42.5 Å². The number of fused-ring (bicyclic) bond motifs is 1. The number of thiophene rings is 1. The molecule has 2 fully saturated rings. The molecule has 31 heavy (non-hydrogen) atoms. The van der Waals surface area contributed by atoms with Gasteiger partial charge in [-0.15, -0.1) is 11.3 Å². The number of aromatic nitrogens is 2. The van der Waals surface area contributed by atoms with E-state index in [0.29, 0.717) is 6.54 Å². The van der Waals surface area contributed by atoms with Gasteiger partial charge in [0.1, 0.15) is 18.0 Å². The van der Waals surface area contributed by atoms with Crippen molar-refractivity contribution in [3.63, 3.8) is 0 Å². The van der Waals surface area contributed by atoms with Crippen molar-refractivity contribution in [2.75, 3.05) is 31.1 Å². The van der Waals surface area contributed by atoms with Gasteiger partial charge in [-0.25, -0.2) is 14.4 Å². The minimum atomic E-state index is -0.243. The monoisotopic (exact) mass is 440 g/mol. The first kappa shape index (κ1) is 20.3. The van der Waals surface area contributed by atoms with E-state index in [4.69, 9.17) is 4.74 Å². The van der Waals surface area contributed by atoms with Crippen molar-refractivity contribution < 1.29 is 13.9 Å². The summed E-state index contributed by atoms with van der Waals surface area (Å²) in [7, 11) is 0. The number of rotatable bonds is 5. The maximum atomic E-state index is 13.3. The number of benzene rings is 1. The highest BCUT2D eigenvalue weighted by atomic mass is 32.1. The van der Waals surface area contributed by atoms with E-state index in [2.05, 4.69) is 20.2 Å². The van der Waals surface area contributed by atoms with Crippen molar-refractivity contribution in [2.24, 2.45) is 5.92 Å². The van der Waals surface area contributed by atoms with Gasteiger partial charge in [-0.2, -0.15) is 0 Å². The maximum absolute atomic E-state index is 13.3. The zero-order valence-electron chi connectivity index (χ0n) is 17.2. The number of nitrogens with one attached hydrogen (secondary N) is 1. The summed E-state index contributed by atoms with van der Waals surface area (Å²) in [6, 6.07) is 8.55. The third-order valence-electron chi connectivity index (χ3n) is 6.11. The Morgan fingerprint density at radius 3 is 2.74 bits per heavy atom. The SMILES string of the molecule is O=C(NC[C@H]1CCCO1)C1CCN(c2ncnc3cc(-c4ccc(F)cc4)sc23)CC1. The molecule has 5 rings (SSSR count). The number of hydrogen-bond donors (Lipinski definition) is 1. The summed E-state index contributed by atoms with van der Waals surface area (Å²) in [4.78, 5) is 24.8. The normalized spacial score (nSPS) is 19.8. The molecular weight excluding hydrogens is 415 g/mol. The van der Waals surface area contributed by atoms with E-state index in [1.807, 2.05) is 6.07 Å². The van der Waals surface area contributed by atoms with E-state index in [1.165, 1.54) is 12.1 Å². The zero-order valence-corrected chi connectivity index (χ0v) is 18.0. The zero-order chi connectivity index (χ0) is 21.2. The molecule has 0 radical (unpaired) electrons. The van der Waals surface area contributed by atoms with Crippen LogP contribution < -0.4 is 10.2 Å². The lowest BCUT2D eigenvalue weighted by Crippen LogP contribution is -2.42. The molecule has 6 nitrogen and oxygen atoms in total. The van der Waals surface area contributed by atoms with Crippen molar-refractivity contribution in [1.29, 1.82) is 0 Å². The molecule has 0 aliphatic carbocycles. The van der Waals surface area contributed by atoms with Gasteiger partial charge in [0.15, 0.2) is 0 Å². The van der Waals surface area contributed by atoms with E-state index >= 15 is 0 Å². The van der Waals surface area contributed by atoms with Crippen LogP contribution in [0.4, 0.5) is 10.2 Å². The Kier molecular flexibility index (Phi) is 5.82. The Morgan fingerprint density at radius 1 is 1.19 bits per heavy atom. The van der Waals surface area contributed by atoms with Crippen LogP contribution in [0.5, 0.6) is 0 Å². The molecule has 2 aliphatic rings. The van der Waals surface area contributed by atoms with Crippen LogP contribution in [-0.4, -0.2) is 48.2 Å². The summed E-state index contributed by atoms with van der Waals surface area (Å²) in [6.45, 7) is 2.99. The number of hydrogen-bond acceptors (Lipinski definition) is 6. The predicted molar refractivity (Wildman–Crippen MR) is 120 cm³/mol. The first-order chi connectivity index (χ1) is 15.2. The Hall–Kier alpha value is -2.58. The molecule has 0 unspecified atom stereocenters. The second kappa shape index (κ2) is 8.88.